The van der Waals surface area contributed by atoms with Crippen LogP contribution in [0.25, 0.3) is 0 Å². The molecule has 1 unspecified atom stereocenters. The van der Waals surface area contributed by atoms with Crippen molar-refractivity contribution in [3.63, 3.8) is 0 Å². The molecule has 1 aromatic carbocycles. The number of carboxylic acid groups (broad SMARTS) is 1. The van der Waals surface area contributed by atoms with E-state index < -0.39 is 11.2 Å². The summed E-state index contributed by atoms with van der Waals surface area (Å²) < 4.78 is 0.835. The van der Waals surface area contributed by atoms with Gasteiger partial charge >= 0.3 is 5.97 Å². The van der Waals surface area contributed by atoms with Crippen LogP contribution in [0.3, 0.4) is 0 Å². The minimum Gasteiger partial charge on any atom is -0.480 e. The summed E-state index contributed by atoms with van der Waals surface area (Å²) in [4.78, 5) is 11.4. The molecule has 0 aliphatic carbocycles. The van der Waals surface area contributed by atoms with Gasteiger partial charge in [-0.2, -0.15) is 5.26 Å². The molecule has 0 aliphatic heterocycles. The highest BCUT2D eigenvalue weighted by molar-refractivity contribution is 9.10. The third kappa shape index (κ3) is 3.26. The summed E-state index contributed by atoms with van der Waals surface area (Å²) in [6.45, 7) is 1.59. The van der Waals surface area contributed by atoms with E-state index in [1.165, 1.54) is 0 Å². The Morgan fingerprint density at radius 1 is 1.67 bits per heavy atom. The number of nitriles is 1. The second-order valence-corrected chi connectivity index (χ2v) is 5.15. The van der Waals surface area contributed by atoms with Crippen LogP contribution in [0.4, 0.5) is 0 Å². The third-order valence-corrected chi connectivity index (χ3v) is 3.36. The molecule has 0 spiro atoms. The second kappa shape index (κ2) is 5.19. The number of carbonyl (C=O) groups is 1. The summed E-state index contributed by atoms with van der Waals surface area (Å²) >= 11 is 4.45. The molecule has 0 fully saturated rings. The number of rotatable bonds is 3. The zero-order valence-electron chi connectivity index (χ0n) is 7.90. The van der Waals surface area contributed by atoms with Gasteiger partial charge in [0.15, 0.2) is 0 Å². The number of halogens is 1. The van der Waals surface area contributed by atoms with Crippen LogP contribution >= 0.6 is 27.7 Å². The van der Waals surface area contributed by atoms with Gasteiger partial charge in [-0.1, -0.05) is 15.9 Å². The van der Waals surface area contributed by atoms with Crippen molar-refractivity contribution < 1.29 is 9.90 Å². The molecular formula is C10H8BrNO2S. The van der Waals surface area contributed by atoms with Crippen molar-refractivity contribution in [3.05, 3.63) is 28.2 Å². The van der Waals surface area contributed by atoms with Crippen molar-refractivity contribution in [2.24, 2.45) is 0 Å². The van der Waals surface area contributed by atoms with Crippen LogP contribution in [0, 0.1) is 11.3 Å². The van der Waals surface area contributed by atoms with Gasteiger partial charge < -0.3 is 5.11 Å². The molecule has 78 valence electrons. The molecule has 15 heavy (non-hydrogen) atoms. The van der Waals surface area contributed by atoms with Crippen LogP contribution in [-0.2, 0) is 4.79 Å². The Labute approximate surface area is 100 Å². The highest BCUT2D eigenvalue weighted by atomic mass is 79.9. The maximum atomic E-state index is 10.7. The molecule has 0 heterocycles. The Balaban J connectivity index is 2.98. The zero-order chi connectivity index (χ0) is 11.4. The average molecular weight is 286 g/mol. The van der Waals surface area contributed by atoms with E-state index in [1.807, 2.05) is 6.07 Å². The lowest BCUT2D eigenvalue weighted by atomic mass is 10.2. The van der Waals surface area contributed by atoms with E-state index in [1.54, 1.807) is 25.1 Å². The van der Waals surface area contributed by atoms with Gasteiger partial charge in [0.2, 0.25) is 0 Å². The fraction of sp³-hybridized carbons (Fsp3) is 0.200. The summed E-state index contributed by atoms with van der Waals surface area (Å²) in [5.74, 6) is -0.885. The molecule has 1 N–H and O–H groups in total. The molecule has 0 radical (unpaired) electrons. The van der Waals surface area contributed by atoms with E-state index in [9.17, 15) is 4.79 Å². The quantitative estimate of drug-likeness (QED) is 0.868. The van der Waals surface area contributed by atoms with E-state index in [2.05, 4.69) is 15.9 Å². The van der Waals surface area contributed by atoms with Gasteiger partial charge in [-0.15, -0.1) is 11.8 Å². The van der Waals surface area contributed by atoms with Crippen molar-refractivity contribution in [1.29, 1.82) is 5.26 Å². The van der Waals surface area contributed by atoms with Gasteiger partial charge in [-0.25, -0.2) is 0 Å². The lowest BCUT2D eigenvalue weighted by Crippen LogP contribution is -2.11. The fourth-order valence-corrected chi connectivity index (χ4v) is 2.36. The molecule has 1 rings (SSSR count). The molecule has 0 aromatic heterocycles. The first-order valence-corrected chi connectivity index (χ1v) is 5.81. The van der Waals surface area contributed by atoms with Crippen molar-refractivity contribution in [3.8, 4) is 6.07 Å². The Morgan fingerprint density at radius 3 is 2.87 bits per heavy atom. The molecule has 3 nitrogen and oxygen atoms in total. The van der Waals surface area contributed by atoms with Crippen LogP contribution in [0.5, 0.6) is 0 Å². The molecule has 1 atom stereocenters. The maximum Gasteiger partial charge on any atom is 0.316 e. The maximum absolute atomic E-state index is 10.7. The van der Waals surface area contributed by atoms with E-state index in [4.69, 9.17) is 10.4 Å². The fourth-order valence-electron chi connectivity index (χ4n) is 0.927. The van der Waals surface area contributed by atoms with Gasteiger partial charge in [-0.05, 0) is 25.1 Å². The van der Waals surface area contributed by atoms with Crippen LogP contribution in [0.2, 0.25) is 0 Å². The predicted octanol–water partition coefficient (Wildman–Crippen LogP) is 2.89. The smallest absolute Gasteiger partial charge is 0.316 e. The number of hydrogen-bond donors (Lipinski definition) is 1. The first-order chi connectivity index (χ1) is 7.04. The lowest BCUT2D eigenvalue weighted by Gasteiger charge is -2.07. The summed E-state index contributed by atoms with van der Waals surface area (Å²) in [6.07, 6.45) is 0. The van der Waals surface area contributed by atoms with Crippen LogP contribution in [0.1, 0.15) is 12.5 Å². The SMILES string of the molecule is CC(Sc1cc(Br)ccc1C#N)C(=O)O. The van der Waals surface area contributed by atoms with Gasteiger partial charge in [0.1, 0.15) is 11.3 Å². The van der Waals surface area contributed by atoms with Crippen LogP contribution in [0.15, 0.2) is 27.6 Å². The molecular weight excluding hydrogens is 278 g/mol. The molecule has 0 amide bonds. The minimum atomic E-state index is -0.885. The average Bonchev–Trinajstić information content (AvgIpc) is 2.18. The standard InChI is InChI=1S/C10H8BrNO2S/c1-6(10(13)14)15-9-4-8(11)3-2-7(9)5-12/h2-4,6H,1H3,(H,13,14). The zero-order valence-corrected chi connectivity index (χ0v) is 10.3. The molecule has 0 saturated carbocycles. The topological polar surface area (TPSA) is 61.1 Å². The molecule has 5 heteroatoms. The number of aliphatic carboxylic acids is 1. The Morgan fingerprint density at radius 2 is 2.33 bits per heavy atom. The van der Waals surface area contributed by atoms with E-state index in [-0.39, 0.29) is 0 Å². The monoisotopic (exact) mass is 285 g/mol. The van der Waals surface area contributed by atoms with E-state index in [0.29, 0.717) is 10.5 Å². The van der Waals surface area contributed by atoms with Crippen molar-refractivity contribution in [2.45, 2.75) is 17.1 Å². The van der Waals surface area contributed by atoms with Crippen LogP contribution in [-0.4, -0.2) is 16.3 Å². The summed E-state index contributed by atoms with van der Waals surface area (Å²) in [7, 11) is 0. The van der Waals surface area contributed by atoms with E-state index in [0.717, 1.165) is 16.2 Å². The van der Waals surface area contributed by atoms with Gasteiger partial charge in [0.05, 0.1) is 5.56 Å². The lowest BCUT2D eigenvalue weighted by molar-refractivity contribution is -0.136. The first-order valence-electron chi connectivity index (χ1n) is 4.13. The van der Waals surface area contributed by atoms with Crippen LogP contribution < -0.4 is 0 Å². The van der Waals surface area contributed by atoms with Gasteiger partial charge in [0.25, 0.3) is 0 Å². The van der Waals surface area contributed by atoms with Gasteiger partial charge in [-0.3, -0.25) is 4.79 Å². The number of thioether (sulfide) groups is 1. The molecule has 1 aromatic rings. The Kier molecular flexibility index (Phi) is 4.18. The number of hydrogen-bond acceptors (Lipinski definition) is 3. The third-order valence-electron chi connectivity index (χ3n) is 1.72. The number of benzene rings is 1. The summed E-state index contributed by atoms with van der Waals surface area (Å²) in [5.41, 5.74) is 0.497. The number of carboxylic acids is 1. The molecule has 0 saturated heterocycles. The highest BCUT2D eigenvalue weighted by Gasteiger charge is 2.14. The van der Waals surface area contributed by atoms with E-state index >= 15 is 0 Å². The highest BCUT2D eigenvalue weighted by Crippen LogP contribution is 2.29. The van der Waals surface area contributed by atoms with Crippen molar-refractivity contribution in [2.75, 3.05) is 0 Å². The minimum absolute atomic E-state index is 0.497. The second-order valence-electron chi connectivity index (χ2n) is 2.85. The summed E-state index contributed by atoms with van der Waals surface area (Å²) in [5, 5.41) is 17.0. The summed E-state index contributed by atoms with van der Waals surface area (Å²) in [6, 6.07) is 7.21. The Bertz CT molecular complexity index is 428. The largest absolute Gasteiger partial charge is 0.480 e. The van der Waals surface area contributed by atoms with Gasteiger partial charge in [0, 0.05) is 9.37 Å². The Hall–Kier alpha value is -0.990. The van der Waals surface area contributed by atoms with Crippen molar-refractivity contribution in [1.82, 2.24) is 0 Å². The molecule has 0 aliphatic rings. The van der Waals surface area contributed by atoms with Crippen molar-refractivity contribution >= 4 is 33.7 Å². The first kappa shape index (κ1) is 12.1. The number of nitrogens with zero attached hydrogens (tertiary/aromatic N) is 1. The molecule has 0 bridgehead atoms. The normalized spacial score (nSPS) is 11.8. The predicted molar refractivity (Wildman–Crippen MR) is 61.8 cm³/mol.